The third kappa shape index (κ3) is 4.39. The number of nitrogens with one attached hydrogen (secondary N) is 1. The lowest BCUT2D eigenvalue weighted by molar-refractivity contribution is 0.730. The molecule has 0 aliphatic heterocycles. The van der Waals surface area contributed by atoms with Gasteiger partial charge in [-0.25, -0.2) is 0 Å². The smallest absolute Gasteiger partial charge is 0.105 e. The second-order valence-electron chi connectivity index (χ2n) is 6.50. The monoisotopic (exact) mass is 405 g/mol. The molecular formula is C23H20ClN3S. The van der Waals surface area contributed by atoms with Gasteiger partial charge >= 0.3 is 0 Å². The third-order valence-corrected chi connectivity index (χ3v) is 5.96. The van der Waals surface area contributed by atoms with E-state index in [0.29, 0.717) is 10.7 Å². The minimum atomic E-state index is -0.646. The van der Waals surface area contributed by atoms with Crippen LogP contribution in [0.2, 0.25) is 5.02 Å². The first-order valence-corrected chi connectivity index (χ1v) is 10.0. The van der Waals surface area contributed by atoms with E-state index in [1.165, 1.54) is 11.8 Å². The van der Waals surface area contributed by atoms with Crippen LogP contribution in [0.15, 0.2) is 77.7 Å². The fourth-order valence-electron chi connectivity index (χ4n) is 3.20. The predicted molar refractivity (Wildman–Crippen MR) is 118 cm³/mol. The van der Waals surface area contributed by atoms with E-state index in [2.05, 4.69) is 6.07 Å². The molecule has 28 heavy (non-hydrogen) atoms. The minimum absolute atomic E-state index is 0.267. The van der Waals surface area contributed by atoms with Crippen molar-refractivity contribution >= 4 is 34.1 Å². The molecule has 3 rings (SSSR count). The van der Waals surface area contributed by atoms with E-state index in [1.807, 2.05) is 73.7 Å². The first kappa shape index (κ1) is 20.0. The fraction of sp³-hybridized carbons (Fsp3) is 0.130. The number of rotatable bonds is 5. The van der Waals surface area contributed by atoms with Crippen LogP contribution in [-0.4, -0.2) is 5.04 Å². The van der Waals surface area contributed by atoms with Gasteiger partial charge in [0.1, 0.15) is 5.92 Å². The van der Waals surface area contributed by atoms with Crippen LogP contribution >= 0.6 is 23.4 Å². The first-order chi connectivity index (χ1) is 13.5. The Morgan fingerprint density at radius 3 is 2.32 bits per heavy atom. The molecule has 2 unspecified atom stereocenters. The van der Waals surface area contributed by atoms with Crippen molar-refractivity contribution in [3.05, 3.63) is 94.5 Å². The summed E-state index contributed by atoms with van der Waals surface area (Å²) in [6.07, 6.45) is 0. The third-order valence-electron chi connectivity index (χ3n) is 4.65. The standard InChI is InChI=1S/C23H20ClN3S/c1-15-6-2-3-7-18(15)22(16-10-12-17(24)13-11-16)19(14-25)23(27)28-21-9-5-4-8-20(21)26/h2-13,19,22,27H,26H2,1H3. The highest BCUT2D eigenvalue weighted by molar-refractivity contribution is 8.14. The second-order valence-corrected chi connectivity index (χ2v) is 8.02. The van der Waals surface area contributed by atoms with Crippen molar-refractivity contribution in [2.75, 3.05) is 5.73 Å². The first-order valence-electron chi connectivity index (χ1n) is 8.82. The van der Waals surface area contributed by atoms with Gasteiger partial charge in [-0.2, -0.15) is 5.26 Å². The highest BCUT2D eigenvalue weighted by atomic mass is 35.5. The molecule has 3 aromatic rings. The number of benzene rings is 3. The molecule has 0 bridgehead atoms. The van der Waals surface area contributed by atoms with Crippen molar-refractivity contribution < 1.29 is 0 Å². The summed E-state index contributed by atoms with van der Waals surface area (Å²) in [7, 11) is 0. The van der Waals surface area contributed by atoms with Crippen LogP contribution in [0, 0.1) is 29.6 Å². The summed E-state index contributed by atoms with van der Waals surface area (Å²) >= 11 is 7.31. The van der Waals surface area contributed by atoms with Gasteiger partial charge < -0.3 is 5.73 Å². The average molecular weight is 406 g/mol. The van der Waals surface area contributed by atoms with Gasteiger partial charge in [-0.15, -0.1) is 0 Å². The zero-order valence-electron chi connectivity index (χ0n) is 15.4. The molecule has 5 heteroatoms. The van der Waals surface area contributed by atoms with Crippen LogP contribution in [0.25, 0.3) is 0 Å². The lowest BCUT2D eigenvalue weighted by Crippen LogP contribution is -2.20. The van der Waals surface area contributed by atoms with Crippen LogP contribution in [0.3, 0.4) is 0 Å². The second kappa shape index (κ2) is 8.97. The van der Waals surface area contributed by atoms with Gasteiger partial charge in [-0.3, -0.25) is 5.41 Å². The maximum Gasteiger partial charge on any atom is 0.105 e. The number of anilines is 1. The average Bonchev–Trinajstić information content (AvgIpc) is 2.69. The summed E-state index contributed by atoms with van der Waals surface area (Å²) < 4.78 is 0. The molecule has 0 aromatic heterocycles. The number of nitriles is 1. The van der Waals surface area contributed by atoms with Crippen molar-refractivity contribution in [3.63, 3.8) is 0 Å². The highest BCUT2D eigenvalue weighted by Gasteiger charge is 2.30. The van der Waals surface area contributed by atoms with Crippen LogP contribution in [0.5, 0.6) is 0 Å². The van der Waals surface area contributed by atoms with Gasteiger partial charge in [0.05, 0.1) is 11.1 Å². The number of nitrogens with zero attached hydrogens (tertiary/aromatic N) is 1. The molecule has 0 fully saturated rings. The largest absolute Gasteiger partial charge is 0.398 e. The summed E-state index contributed by atoms with van der Waals surface area (Å²) in [6.45, 7) is 2.03. The molecule has 0 heterocycles. The molecule has 0 saturated carbocycles. The summed E-state index contributed by atoms with van der Waals surface area (Å²) in [5, 5.41) is 19.6. The molecule has 2 atom stereocenters. The Morgan fingerprint density at radius 2 is 1.68 bits per heavy atom. The molecule has 0 radical (unpaired) electrons. The molecule has 0 amide bonds. The van der Waals surface area contributed by atoms with Crippen LogP contribution in [-0.2, 0) is 0 Å². The summed E-state index contributed by atoms with van der Waals surface area (Å²) in [6, 6.07) is 25.3. The van der Waals surface area contributed by atoms with Crippen LogP contribution < -0.4 is 5.73 Å². The van der Waals surface area contributed by atoms with Gasteiger partial charge in [0, 0.05) is 21.5 Å². The Kier molecular flexibility index (Phi) is 6.41. The highest BCUT2D eigenvalue weighted by Crippen LogP contribution is 2.39. The Balaban J connectivity index is 2.03. The van der Waals surface area contributed by atoms with Gasteiger partial charge in [0.2, 0.25) is 0 Å². The Hall–Kier alpha value is -2.74. The molecule has 0 spiro atoms. The zero-order valence-corrected chi connectivity index (χ0v) is 17.0. The topological polar surface area (TPSA) is 73.7 Å². The molecule has 140 valence electrons. The number of thioether (sulfide) groups is 1. The number of nitrogen functional groups attached to an aromatic ring is 1. The Labute approximate surface area is 174 Å². The van der Waals surface area contributed by atoms with E-state index >= 15 is 0 Å². The molecule has 3 aromatic carbocycles. The van der Waals surface area contributed by atoms with Crippen LogP contribution in [0.4, 0.5) is 5.69 Å². The van der Waals surface area contributed by atoms with Crippen molar-refractivity contribution in [2.45, 2.75) is 17.7 Å². The minimum Gasteiger partial charge on any atom is -0.398 e. The van der Waals surface area contributed by atoms with Crippen molar-refractivity contribution in [2.24, 2.45) is 5.92 Å². The summed E-state index contributed by atoms with van der Waals surface area (Å²) in [4.78, 5) is 0.785. The zero-order chi connectivity index (χ0) is 20.1. The van der Waals surface area contributed by atoms with Crippen LogP contribution in [0.1, 0.15) is 22.6 Å². The molecule has 0 aliphatic rings. The van der Waals surface area contributed by atoms with E-state index in [-0.39, 0.29) is 11.0 Å². The molecule has 3 nitrogen and oxygen atoms in total. The Morgan fingerprint density at radius 1 is 1.04 bits per heavy atom. The van der Waals surface area contributed by atoms with Gasteiger partial charge in [-0.1, -0.05) is 71.9 Å². The molecular weight excluding hydrogens is 386 g/mol. The quantitative estimate of drug-likeness (QED) is 0.227. The molecule has 0 saturated heterocycles. The lowest BCUT2D eigenvalue weighted by atomic mass is 9.80. The fourth-order valence-corrected chi connectivity index (χ4v) is 4.21. The van der Waals surface area contributed by atoms with Gasteiger partial charge in [0.15, 0.2) is 0 Å². The summed E-state index contributed by atoms with van der Waals surface area (Å²) in [5.41, 5.74) is 9.71. The number of hydrogen-bond acceptors (Lipinski definition) is 4. The van der Waals surface area contributed by atoms with Crippen molar-refractivity contribution in [3.8, 4) is 6.07 Å². The number of hydrogen-bond donors (Lipinski definition) is 2. The number of nitrogens with two attached hydrogens (primary N) is 1. The van der Waals surface area contributed by atoms with E-state index in [9.17, 15) is 5.26 Å². The normalized spacial score (nSPS) is 12.8. The Bertz CT molecular complexity index is 1020. The summed E-state index contributed by atoms with van der Waals surface area (Å²) in [5.74, 6) is -0.916. The number of halogens is 1. The van der Waals surface area contributed by atoms with E-state index in [4.69, 9.17) is 22.7 Å². The van der Waals surface area contributed by atoms with E-state index in [1.54, 1.807) is 6.07 Å². The van der Waals surface area contributed by atoms with Crippen molar-refractivity contribution in [1.29, 1.82) is 10.7 Å². The molecule has 3 N–H and O–H groups in total. The lowest BCUT2D eigenvalue weighted by Gasteiger charge is -2.25. The van der Waals surface area contributed by atoms with Gasteiger partial charge in [-0.05, 0) is 47.9 Å². The number of aryl methyl sites for hydroxylation is 1. The maximum atomic E-state index is 10.0. The van der Waals surface area contributed by atoms with Crippen molar-refractivity contribution in [1.82, 2.24) is 0 Å². The number of para-hydroxylation sites is 1. The van der Waals surface area contributed by atoms with E-state index < -0.39 is 5.92 Å². The maximum absolute atomic E-state index is 10.0. The molecule has 0 aliphatic carbocycles. The van der Waals surface area contributed by atoms with E-state index in [0.717, 1.165) is 21.6 Å². The SMILES string of the molecule is Cc1ccccc1C(c1ccc(Cl)cc1)C(C#N)C(=N)Sc1ccccc1N. The van der Waals surface area contributed by atoms with Gasteiger partial charge in [0.25, 0.3) is 0 Å². The predicted octanol–water partition coefficient (Wildman–Crippen LogP) is 6.27.